The third kappa shape index (κ3) is 3.20. The summed E-state index contributed by atoms with van der Waals surface area (Å²) in [6.07, 6.45) is 0. The van der Waals surface area contributed by atoms with E-state index in [1.54, 1.807) is 16.7 Å². The summed E-state index contributed by atoms with van der Waals surface area (Å²) in [6, 6.07) is 11.8. The number of thiophene rings is 1. The minimum absolute atomic E-state index is 0.172. The molecule has 1 aromatic carbocycles. The van der Waals surface area contributed by atoms with Crippen molar-refractivity contribution in [2.24, 2.45) is 0 Å². The van der Waals surface area contributed by atoms with Crippen LogP contribution in [0.2, 0.25) is 0 Å². The van der Waals surface area contributed by atoms with Gasteiger partial charge >= 0.3 is 0 Å². The lowest BCUT2D eigenvalue weighted by atomic mass is 10.2. The number of carbonyl (C=O) groups is 1. The Hall–Kier alpha value is -1.98. The van der Waals surface area contributed by atoms with Crippen LogP contribution in [0.5, 0.6) is 0 Å². The summed E-state index contributed by atoms with van der Waals surface area (Å²) in [6.45, 7) is 4.08. The average molecular weight is 314 g/mol. The van der Waals surface area contributed by atoms with Gasteiger partial charge in [0.2, 0.25) is 0 Å². The second-order valence-corrected chi connectivity index (χ2v) is 6.91. The van der Waals surface area contributed by atoms with Crippen molar-refractivity contribution in [3.8, 4) is 9.88 Å². The van der Waals surface area contributed by atoms with Crippen LogP contribution in [0.4, 0.5) is 5.69 Å². The Bertz CT molecular complexity index is 772. The molecule has 0 bridgehead atoms. The highest BCUT2D eigenvalue weighted by Gasteiger charge is 2.13. The maximum atomic E-state index is 12.2. The monoisotopic (exact) mass is 314 g/mol. The van der Waals surface area contributed by atoms with E-state index in [4.69, 9.17) is 0 Å². The number of benzene rings is 1. The summed E-state index contributed by atoms with van der Waals surface area (Å²) >= 11 is 3.18. The Kier molecular flexibility index (Phi) is 3.86. The van der Waals surface area contributed by atoms with Gasteiger partial charge in [0.1, 0.15) is 10.7 Å². The fraction of sp³-hybridized carbons (Fsp3) is 0.125. The van der Waals surface area contributed by atoms with E-state index >= 15 is 0 Å². The maximum Gasteiger partial charge on any atom is 0.275 e. The summed E-state index contributed by atoms with van der Waals surface area (Å²) in [4.78, 5) is 19.0. The molecule has 0 fully saturated rings. The fourth-order valence-electron chi connectivity index (χ4n) is 1.87. The zero-order valence-electron chi connectivity index (χ0n) is 11.7. The molecule has 0 saturated carbocycles. The van der Waals surface area contributed by atoms with Gasteiger partial charge in [-0.1, -0.05) is 17.7 Å². The van der Waals surface area contributed by atoms with E-state index in [0.717, 1.165) is 21.1 Å². The first-order chi connectivity index (χ1) is 10.1. The lowest BCUT2D eigenvalue weighted by molar-refractivity contribution is 0.102. The summed E-state index contributed by atoms with van der Waals surface area (Å²) in [5.74, 6) is -0.172. The van der Waals surface area contributed by atoms with Crippen LogP contribution in [0.1, 0.15) is 20.9 Å². The molecule has 3 aromatic rings. The second-order valence-electron chi connectivity index (χ2n) is 4.77. The van der Waals surface area contributed by atoms with Crippen molar-refractivity contribution in [1.29, 1.82) is 0 Å². The Labute approximate surface area is 131 Å². The largest absolute Gasteiger partial charge is 0.321 e. The number of nitrogens with one attached hydrogen (secondary N) is 1. The number of anilines is 1. The van der Waals surface area contributed by atoms with Gasteiger partial charge in [0, 0.05) is 15.9 Å². The standard InChI is InChI=1S/C16H14N2OS2/c1-10-3-6-12(7-4-10)17-15(19)13-9-20-16(18-13)14-8-5-11(2)21-14/h3-9H,1-2H3,(H,17,19). The number of amides is 1. The third-order valence-corrected chi connectivity index (χ3v) is 5.01. The van der Waals surface area contributed by atoms with Gasteiger partial charge in [-0.2, -0.15) is 0 Å². The number of hydrogen-bond acceptors (Lipinski definition) is 4. The van der Waals surface area contributed by atoms with E-state index in [1.807, 2.05) is 37.3 Å². The number of rotatable bonds is 3. The van der Waals surface area contributed by atoms with Crippen molar-refractivity contribution >= 4 is 34.3 Å². The number of nitrogens with zero attached hydrogens (tertiary/aromatic N) is 1. The van der Waals surface area contributed by atoms with Crippen molar-refractivity contribution in [3.05, 3.63) is 57.9 Å². The fourth-order valence-corrected chi connectivity index (χ4v) is 3.61. The first-order valence-electron chi connectivity index (χ1n) is 6.52. The molecule has 0 radical (unpaired) electrons. The predicted octanol–water partition coefficient (Wildman–Crippen LogP) is 4.74. The molecule has 0 spiro atoms. The van der Waals surface area contributed by atoms with Crippen molar-refractivity contribution in [1.82, 2.24) is 4.98 Å². The average Bonchev–Trinajstić information content (AvgIpc) is 3.10. The van der Waals surface area contributed by atoms with E-state index in [9.17, 15) is 4.79 Å². The van der Waals surface area contributed by atoms with Crippen LogP contribution < -0.4 is 5.32 Å². The molecule has 0 atom stereocenters. The van der Waals surface area contributed by atoms with E-state index in [-0.39, 0.29) is 5.91 Å². The van der Waals surface area contributed by atoms with Gasteiger partial charge in [-0.05, 0) is 38.1 Å². The molecule has 0 aliphatic carbocycles. The maximum absolute atomic E-state index is 12.2. The van der Waals surface area contributed by atoms with Gasteiger partial charge in [-0.25, -0.2) is 4.98 Å². The van der Waals surface area contributed by atoms with Crippen molar-refractivity contribution in [2.75, 3.05) is 5.32 Å². The number of carbonyl (C=O) groups excluding carboxylic acids is 1. The molecule has 3 nitrogen and oxygen atoms in total. The molecule has 3 rings (SSSR count). The highest BCUT2D eigenvalue weighted by molar-refractivity contribution is 7.21. The van der Waals surface area contributed by atoms with Crippen molar-refractivity contribution in [3.63, 3.8) is 0 Å². The highest BCUT2D eigenvalue weighted by atomic mass is 32.1. The number of hydrogen-bond donors (Lipinski definition) is 1. The summed E-state index contributed by atoms with van der Waals surface area (Å²) in [5.41, 5.74) is 2.41. The first kappa shape index (κ1) is 14.0. The molecular weight excluding hydrogens is 300 g/mol. The van der Waals surface area contributed by atoms with Gasteiger partial charge in [0.15, 0.2) is 0 Å². The SMILES string of the molecule is Cc1ccc(NC(=O)c2csc(-c3ccc(C)s3)n2)cc1. The van der Waals surface area contributed by atoms with E-state index in [2.05, 4.69) is 23.3 Å². The second kappa shape index (κ2) is 5.79. The molecule has 0 aliphatic rings. The lowest BCUT2D eigenvalue weighted by Crippen LogP contribution is -2.12. The van der Waals surface area contributed by atoms with Crippen LogP contribution in [-0.4, -0.2) is 10.9 Å². The molecule has 21 heavy (non-hydrogen) atoms. The number of thiazole rings is 1. The zero-order chi connectivity index (χ0) is 14.8. The Balaban J connectivity index is 1.76. The van der Waals surface area contributed by atoms with Crippen LogP contribution in [0, 0.1) is 13.8 Å². The molecule has 1 N–H and O–H groups in total. The van der Waals surface area contributed by atoms with Crippen LogP contribution in [-0.2, 0) is 0 Å². The molecular formula is C16H14N2OS2. The molecule has 1 amide bonds. The van der Waals surface area contributed by atoms with E-state index in [1.165, 1.54) is 16.2 Å². The molecule has 0 unspecified atom stereocenters. The molecule has 106 valence electrons. The van der Waals surface area contributed by atoms with Crippen LogP contribution in [0.3, 0.4) is 0 Å². The summed E-state index contributed by atoms with van der Waals surface area (Å²) in [7, 11) is 0. The minimum atomic E-state index is -0.172. The van der Waals surface area contributed by atoms with Gasteiger partial charge < -0.3 is 5.32 Å². The third-order valence-electron chi connectivity index (χ3n) is 3.00. The van der Waals surface area contributed by atoms with Crippen molar-refractivity contribution < 1.29 is 4.79 Å². The normalized spacial score (nSPS) is 10.6. The van der Waals surface area contributed by atoms with Gasteiger partial charge in [-0.3, -0.25) is 4.79 Å². The summed E-state index contributed by atoms with van der Waals surface area (Å²) in [5, 5.41) is 5.55. The van der Waals surface area contributed by atoms with E-state index in [0.29, 0.717) is 5.69 Å². The molecule has 2 aromatic heterocycles. The quantitative estimate of drug-likeness (QED) is 0.758. The zero-order valence-corrected chi connectivity index (χ0v) is 13.3. The van der Waals surface area contributed by atoms with Crippen LogP contribution in [0.25, 0.3) is 9.88 Å². The highest BCUT2D eigenvalue weighted by Crippen LogP contribution is 2.30. The number of aromatic nitrogens is 1. The Morgan fingerprint density at radius 2 is 1.86 bits per heavy atom. The minimum Gasteiger partial charge on any atom is -0.321 e. The molecule has 0 saturated heterocycles. The molecule has 0 aliphatic heterocycles. The topological polar surface area (TPSA) is 42.0 Å². The van der Waals surface area contributed by atoms with Crippen LogP contribution in [0.15, 0.2) is 41.8 Å². The van der Waals surface area contributed by atoms with Gasteiger partial charge in [0.05, 0.1) is 4.88 Å². The van der Waals surface area contributed by atoms with Crippen molar-refractivity contribution in [2.45, 2.75) is 13.8 Å². The Morgan fingerprint density at radius 3 is 2.52 bits per heavy atom. The van der Waals surface area contributed by atoms with Crippen LogP contribution >= 0.6 is 22.7 Å². The summed E-state index contributed by atoms with van der Waals surface area (Å²) < 4.78 is 0. The van der Waals surface area contributed by atoms with Gasteiger partial charge in [0.25, 0.3) is 5.91 Å². The smallest absolute Gasteiger partial charge is 0.275 e. The number of aryl methyl sites for hydroxylation is 2. The lowest BCUT2D eigenvalue weighted by Gasteiger charge is -2.03. The first-order valence-corrected chi connectivity index (χ1v) is 8.22. The predicted molar refractivity (Wildman–Crippen MR) is 89.3 cm³/mol. The Morgan fingerprint density at radius 1 is 1.10 bits per heavy atom. The van der Waals surface area contributed by atoms with Gasteiger partial charge in [-0.15, -0.1) is 22.7 Å². The molecule has 5 heteroatoms. The van der Waals surface area contributed by atoms with E-state index < -0.39 is 0 Å². The molecule has 2 heterocycles.